The van der Waals surface area contributed by atoms with Gasteiger partial charge < -0.3 is 18.8 Å². The van der Waals surface area contributed by atoms with Crippen LogP contribution in [0.4, 0.5) is 0 Å². The Balaban J connectivity index is 1.18. The van der Waals surface area contributed by atoms with Gasteiger partial charge in [0.1, 0.15) is 11.4 Å². The van der Waals surface area contributed by atoms with E-state index in [1.807, 2.05) is 65.6 Å². The van der Waals surface area contributed by atoms with Crippen molar-refractivity contribution < 1.29 is 18.7 Å². The average Bonchev–Trinajstić information content (AvgIpc) is 3.65. The summed E-state index contributed by atoms with van der Waals surface area (Å²) in [7, 11) is 0. The number of furan rings is 1. The van der Waals surface area contributed by atoms with Gasteiger partial charge in [-0.2, -0.15) is 5.10 Å². The van der Waals surface area contributed by atoms with Crippen molar-refractivity contribution >= 4 is 5.91 Å². The van der Waals surface area contributed by atoms with E-state index in [-0.39, 0.29) is 12.7 Å². The maximum Gasteiger partial charge on any atom is 0.272 e. The number of nitrogens with zero attached hydrogens (tertiary/aromatic N) is 4. The Hall–Kier alpha value is -4.04. The van der Waals surface area contributed by atoms with Crippen molar-refractivity contribution in [2.75, 3.05) is 33.0 Å². The van der Waals surface area contributed by atoms with Crippen LogP contribution in [0.2, 0.25) is 0 Å². The van der Waals surface area contributed by atoms with Crippen LogP contribution in [0.3, 0.4) is 0 Å². The van der Waals surface area contributed by atoms with Crippen molar-refractivity contribution in [3.05, 3.63) is 84.3 Å². The molecule has 0 aliphatic carbocycles. The summed E-state index contributed by atoms with van der Waals surface area (Å²) < 4.78 is 18.1. The van der Waals surface area contributed by atoms with Gasteiger partial charge in [-0.1, -0.05) is 24.3 Å². The molecule has 2 aliphatic rings. The van der Waals surface area contributed by atoms with Crippen molar-refractivity contribution in [2.24, 2.45) is 0 Å². The molecule has 0 spiro atoms. The molecule has 1 amide bonds. The SMILES string of the molecule is O=C(c1cc(-c2ccco2)nn1-c1ccccc1)N1CCN(Cc2ccc3c(c2)OCO3)CC1. The van der Waals surface area contributed by atoms with Gasteiger partial charge in [-0.05, 0) is 42.0 Å². The fraction of sp³-hybridized carbons (Fsp3) is 0.231. The number of hydrogen-bond donors (Lipinski definition) is 0. The Morgan fingerprint density at radius 1 is 0.882 bits per heavy atom. The predicted molar refractivity (Wildman–Crippen MR) is 125 cm³/mol. The molecule has 2 aliphatic heterocycles. The first kappa shape index (κ1) is 20.6. The lowest BCUT2D eigenvalue weighted by Crippen LogP contribution is -2.48. The Kier molecular flexibility index (Phi) is 5.27. The maximum absolute atomic E-state index is 13.6. The molecule has 0 N–H and O–H groups in total. The number of benzene rings is 2. The van der Waals surface area contributed by atoms with E-state index in [1.54, 1.807) is 10.9 Å². The second-order valence-electron chi connectivity index (χ2n) is 8.40. The van der Waals surface area contributed by atoms with Crippen LogP contribution >= 0.6 is 0 Å². The number of amides is 1. The van der Waals surface area contributed by atoms with Crippen LogP contribution in [0, 0.1) is 0 Å². The number of aromatic nitrogens is 2. The summed E-state index contributed by atoms with van der Waals surface area (Å²) >= 11 is 0. The van der Waals surface area contributed by atoms with Gasteiger partial charge >= 0.3 is 0 Å². The van der Waals surface area contributed by atoms with Crippen LogP contribution < -0.4 is 9.47 Å². The van der Waals surface area contributed by atoms with Crippen LogP contribution in [-0.2, 0) is 6.54 Å². The molecule has 8 heteroatoms. The molecule has 0 radical (unpaired) electrons. The minimum atomic E-state index is -0.0307. The Labute approximate surface area is 196 Å². The molecular formula is C26H24N4O4. The lowest BCUT2D eigenvalue weighted by atomic mass is 10.1. The smallest absolute Gasteiger partial charge is 0.272 e. The summed E-state index contributed by atoms with van der Waals surface area (Å²) in [5, 5.41) is 4.68. The average molecular weight is 457 g/mol. The number of para-hydroxylation sites is 1. The minimum Gasteiger partial charge on any atom is -0.463 e. The third-order valence-corrected chi connectivity index (χ3v) is 6.21. The standard InChI is InChI=1S/C26H24N4O4/c31-26(22-16-21(23-7-4-14-32-23)27-30(22)20-5-2-1-3-6-20)29-12-10-28(11-13-29)17-19-8-9-24-25(15-19)34-18-33-24/h1-9,14-16H,10-13,17-18H2. The van der Waals surface area contributed by atoms with E-state index in [1.165, 1.54) is 5.56 Å². The van der Waals surface area contributed by atoms with Crippen LogP contribution in [0.15, 0.2) is 77.4 Å². The summed E-state index contributed by atoms with van der Waals surface area (Å²) in [4.78, 5) is 17.8. The zero-order chi connectivity index (χ0) is 22.9. The van der Waals surface area contributed by atoms with Crippen molar-refractivity contribution in [1.82, 2.24) is 19.6 Å². The van der Waals surface area contributed by atoms with Crippen molar-refractivity contribution in [3.8, 4) is 28.6 Å². The lowest BCUT2D eigenvalue weighted by Gasteiger charge is -2.34. The number of carbonyl (C=O) groups excluding carboxylic acids is 1. The van der Waals surface area contributed by atoms with Gasteiger partial charge in [0.05, 0.1) is 12.0 Å². The van der Waals surface area contributed by atoms with Gasteiger partial charge in [0, 0.05) is 38.8 Å². The molecule has 1 fully saturated rings. The molecule has 2 aromatic carbocycles. The first-order valence-electron chi connectivity index (χ1n) is 11.3. The van der Waals surface area contributed by atoms with E-state index in [2.05, 4.69) is 16.1 Å². The summed E-state index contributed by atoms with van der Waals surface area (Å²) in [5.41, 5.74) is 3.18. The lowest BCUT2D eigenvalue weighted by molar-refractivity contribution is 0.0619. The number of ether oxygens (including phenoxy) is 2. The number of hydrogen-bond acceptors (Lipinski definition) is 6. The normalized spacial score (nSPS) is 15.6. The molecule has 8 nitrogen and oxygen atoms in total. The highest BCUT2D eigenvalue weighted by Gasteiger charge is 2.27. The monoisotopic (exact) mass is 456 g/mol. The van der Waals surface area contributed by atoms with Gasteiger partial charge in [0.15, 0.2) is 17.3 Å². The van der Waals surface area contributed by atoms with E-state index in [4.69, 9.17) is 13.9 Å². The number of rotatable bonds is 5. The molecule has 6 rings (SSSR count). The van der Waals surface area contributed by atoms with Crippen molar-refractivity contribution in [1.29, 1.82) is 0 Å². The second kappa shape index (κ2) is 8.72. The molecule has 34 heavy (non-hydrogen) atoms. The maximum atomic E-state index is 13.6. The topological polar surface area (TPSA) is 73.0 Å². The molecule has 0 atom stereocenters. The molecule has 1 saturated heterocycles. The van der Waals surface area contributed by atoms with Crippen molar-refractivity contribution in [2.45, 2.75) is 6.54 Å². The largest absolute Gasteiger partial charge is 0.463 e. The molecule has 4 heterocycles. The van der Waals surface area contributed by atoms with Gasteiger partial charge in [0.25, 0.3) is 5.91 Å². The molecule has 0 saturated carbocycles. The van der Waals surface area contributed by atoms with E-state index in [9.17, 15) is 4.79 Å². The zero-order valence-electron chi connectivity index (χ0n) is 18.6. The van der Waals surface area contributed by atoms with Crippen LogP contribution in [0.1, 0.15) is 16.1 Å². The molecule has 4 aromatic rings. The number of piperazine rings is 1. The predicted octanol–water partition coefficient (Wildman–Crippen LogP) is 3.82. The highest BCUT2D eigenvalue weighted by Crippen LogP contribution is 2.33. The van der Waals surface area contributed by atoms with Crippen molar-refractivity contribution in [3.63, 3.8) is 0 Å². The zero-order valence-corrected chi connectivity index (χ0v) is 18.6. The third kappa shape index (κ3) is 3.92. The van der Waals surface area contributed by atoms with Crippen LogP contribution in [-0.4, -0.2) is 58.5 Å². The van der Waals surface area contributed by atoms with Gasteiger partial charge in [0.2, 0.25) is 6.79 Å². The molecule has 2 aromatic heterocycles. The highest BCUT2D eigenvalue weighted by molar-refractivity contribution is 5.94. The molecule has 172 valence electrons. The minimum absolute atomic E-state index is 0.0307. The van der Waals surface area contributed by atoms with Gasteiger partial charge in [-0.15, -0.1) is 0 Å². The number of carbonyl (C=O) groups is 1. The summed E-state index contributed by atoms with van der Waals surface area (Å²) in [6.07, 6.45) is 1.61. The highest BCUT2D eigenvalue weighted by atomic mass is 16.7. The van der Waals surface area contributed by atoms with Crippen LogP contribution in [0.5, 0.6) is 11.5 Å². The third-order valence-electron chi connectivity index (χ3n) is 6.21. The summed E-state index contributed by atoms with van der Waals surface area (Å²) in [6.45, 7) is 3.98. The fourth-order valence-electron chi connectivity index (χ4n) is 4.41. The first-order chi connectivity index (χ1) is 16.7. The summed E-state index contributed by atoms with van der Waals surface area (Å²) in [5.74, 6) is 2.20. The van der Waals surface area contributed by atoms with E-state index < -0.39 is 0 Å². The quantitative estimate of drug-likeness (QED) is 0.455. The van der Waals surface area contributed by atoms with E-state index in [0.29, 0.717) is 30.2 Å². The van der Waals surface area contributed by atoms with E-state index >= 15 is 0 Å². The van der Waals surface area contributed by atoms with Crippen LogP contribution in [0.25, 0.3) is 17.1 Å². The Bertz CT molecular complexity index is 1290. The second-order valence-corrected chi connectivity index (χ2v) is 8.40. The summed E-state index contributed by atoms with van der Waals surface area (Å²) in [6, 6.07) is 21.2. The first-order valence-corrected chi connectivity index (χ1v) is 11.3. The fourth-order valence-corrected chi connectivity index (χ4v) is 4.41. The molecule has 0 unspecified atom stereocenters. The Morgan fingerprint density at radius 3 is 2.50 bits per heavy atom. The number of fused-ring (bicyclic) bond motifs is 1. The molecular weight excluding hydrogens is 432 g/mol. The Morgan fingerprint density at radius 2 is 1.71 bits per heavy atom. The molecule has 0 bridgehead atoms. The van der Waals surface area contributed by atoms with Gasteiger partial charge in [-0.3, -0.25) is 9.69 Å². The van der Waals surface area contributed by atoms with E-state index in [0.717, 1.165) is 36.8 Å². The van der Waals surface area contributed by atoms with Gasteiger partial charge in [-0.25, -0.2) is 4.68 Å².